The van der Waals surface area contributed by atoms with E-state index in [1.54, 1.807) is 31.2 Å². The number of nitrogens with one attached hydrogen (secondary N) is 1. The van der Waals surface area contributed by atoms with Crippen LogP contribution >= 0.6 is 11.6 Å². The van der Waals surface area contributed by atoms with Gasteiger partial charge in [-0.2, -0.15) is 13.2 Å². The minimum atomic E-state index is -4.92. The molecule has 1 aliphatic heterocycles. The van der Waals surface area contributed by atoms with Crippen LogP contribution in [0, 0.1) is 0 Å². The summed E-state index contributed by atoms with van der Waals surface area (Å²) in [5.74, 6) is -1.05. The van der Waals surface area contributed by atoms with Crippen molar-refractivity contribution in [3.05, 3.63) is 106 Å². The average Bonchev–Trinajstić information content (AvgIpc) is 3.14. The van der Waals surface area contributed by atoms with E-state index in [0.717, 1.165) is 42.0 Å². The summed E-state index contributed by atoms with van der Waals surface area (Å²) in [7, 11) is 0. The standard InChI is InChI=1S/C26H19ClF6N2O2/c1-15(16-5-9-19(27)10-6-16)34-22-14-23(17-3-2-4-21(13-17)37-26(31,32)33)35(24(22)36)20-11-7-18(8-12-20)25(28,29)30/h2-15,23,34H,1H3/t15-,23?/m1/s1. The molecular formula is C26H19ClF6N2O2. The molecule has 2 atom stereocenters. The summed E-state index contributed by atoms with van der Waals surface area (Å²) in [5.41, 5.74) is 0.448. The van der Waals surface area contributed by atoms with E-state index in [0.29, 0.717) is 5.02 Å². The second-order valence-electron chi connectivity index (χ2n) is 8.28. The van der Waals surface area contributed by atoms with E-state index >= 15 is 0 Å². The molecule has 0 saturated heterocycles. The largest absolute Gasteiger partial charge is 0.573 e. The number of carbonyl (C=O) groups is 1. The molecule has 0 spiro atoms. The van der Waals surface area contributed by atoms with Gasteiger partial charge in [0.05, 0.1) is 17.3 Å². The third-order valence-electron chi connectivity index (χ3n) is 5.70. The van der Waals surface area contributed by atoms with Crippen LogP contribution in [0.4, 0.5) is 32.0 Å². The Bertz CT molecular complexity index is 1300. The summed E-state index contributed by atoms with van der Waals surface area (Å²) >= 11 is 5.93. The Hall–Kier alpha value is -3.66. The fourth-order valence-corrected chi connectivity index (χ4v) is 4.09. The number of halogens is 7. The molecule has 0 aromatic heterocycles. The maximum Gasteiger partial charge on any atom is 0.573 e. The van der Waals surface area contributed by atoms with Crippen LogP contribution in [0.15, 0.2) is 84.6 Å². The van der Waals surface area contributed by atoms with Crippen LogP contribution in [-0.2, 0) is 11.0 Å². The summed E-state index contributed by atoms with van der Waals surface area (Å²) < 4.78 is 81.5. The van der Waals surface area contributed by atoms with Crippen molar-refractivity contribution in [1.82, 2.24) is 5.32 Å². The van der Waals surface area contributed by atoms with Gasteiger partial charge in [0.1, 0.15) is 5.75 Å². The highest BCUT2D eigenvalue weighted by molar-refractivity contribution is 6.30. The third kappa shape index (κ3) is 6.19. The number of anilines is 1. The van der Waals surface area contributed by atoms with E-state index in [4.69, 9.17) is 11.6 Å². The number of hydrogen-bond acceptors (Lipinski definition) is 3. The van der Waals surface area contributed by atoms with Crippen LogP contribution in [0.25, 0.3) is 0 Å². The predicted octanol–water partition coefficient (Wildman–Crippen LogP) is 7.58. The minimum Gasteiger partial charge on any atom is -0.406 e. The minimum absolute atomic E-state index is 0.134. The molecule has 3 aromatic rings. The molecule has 0 bridgehead atoms. The third-order valence-corrected chi connectivity index (χ3v) is 5.95. The molecule has 37 heavy (non-hydrogen) atoms. The van der Waals surface area contributed by atoms with Gasteiger partial charge in [-0.05, 0) is 72.7 Å². The molecule has 11 heteroatoms. The van der Waals surface area contributed by atoms with Gasteiger partial charge in [0.15, 0.2) is 0 Å². The number of ether oxygens (including phenoxy) is 1. The zero-order valence-electron chi connectivity index (χ0n) is 19.1. The number of hydrogen-bond donors (Lipinski definition) is 1. The number of benzene rings is 3. The SMILES string of the molecule is C[C@@H](NC1=CC(c2cccc(OC(F)(F)F)c2)N(c2ccc(C(F)(F)F)cc2)C1=O)c1ccc(Cl)cc1. The van der Waals surface area contributed by atoms with E-state index in [1.807, 2.05) is 0 Å². The number of carbonyl (C=O) groups excluding carboxylic acids is 1. The monoisotopic (exact) mass is 540 g/mol. The van der Waals surface area contributed by atoms with Crippen molar-refractivity contribution < 1.29 is 35.9 Å². The van der Waals surface area contributed by atoms with Crippen LogP contribution in [0.2, 0.25) is 5.02 Å². The maximum absolute atomic E-state index is 13.4. The molecule has 0 saturated carbocycles. The van der Waals surface area contributed by atoms with Gasteiger partial charge in [0, 0.05) is 16.8 Å². The Morgan fingerprint density at radius 1 is 0.946 bits per heavy atom. The highest BCUT2D eigenvalue weighted by atomic mass is 35.5. The van der Waals surface area contributed by atoms with Gasteiger partial charge in [-0.1, -0.05) is 35.9 Å². The Morgan fingerprint density at radius 2 is 1.59 bits per heavy atom. The van der Waals surface area contributed by atoms with Gasteiger partial charge >= 0.3 is 12.5 Å². The number of nitrogens with zero attached hydrogens (tertiary/aromatic N) is 1. The lowest BCUT2D eigenvalue weighted by atomic mass is 10.1. The summed E-state index contributed by atoms with van der Waals surface area (Å²) in [6, 6.07) is 14.7. The number of rotatable bonds is 6. The quantitative estimate of drug-likeness (QED) is 0.328. The first-order chi connectivity index (χ1) is 17.3. The van der Waals surface area contributed by atoms with Crippen molar-refractivity contribution in [3.8, 4) is 5.75 Å². The van der Waals surface area contributed by atoms with Gasteiger partial charge in [0.2, 0.25) is 0 Å². The smallest absolute Gasteiger partial charge is 0.406 e. The van der Waals surface area contributed by atoms with E-state index in [1.165, 1.54) is 23.1 Å². The highest BCUT2D eigenvalue weighted by Crippen LogP contribution is 2.39. The lowest BCUT2D eigenvalue weighted by Gasteiger charge is -2.26. The maximum atomic E-state index is 13.4. The second-order valence-corrected chi connectivity index (χ2v) is 8.72. The van der Waals surface area contributed by atoms with Gasteiger partial charge in [-0.15, -0.1) is 13.2 Å². The molecule has 4 nitrogen and oxygen atoms in total. The fourth-order valence-electron chi connectivity index (χ4n) is 3.97. The van der Waals surface area contributed by atoms with Crippen molar-refractivity contribution in [3.63, 3.8) is 0 Å². The first-order valence-electron chi connectivity index (χ1n) is 10.9. The van der Waals surface area contributed by atoms with E-state index in [9.17, 15) is 31.1 Å². The van der Waals surface area contributed by atoms with Crippen LogP contribution in [0.3, 0.4) is 0 Å². The molecule has 1 N–H and O–H groups in total. The topological polar surface area (TPSA) is 41.6 Å². The molecule has 0 radical (unpaired) electrons. The summed E-state index contributed by atoms with van der Waals surface area (Å²) in [4.78, 5) is 14.7. The van der Waals surface area contributed by atoms with Crippen LogP contribution in [0.1, 0.15) is 35.7 Å². The average molecular weight is 541 g/mol. The molecule has 1 aliphatic rings. The van der Waals surface area contributed by atoms with Crippen LogP contribution in [-0.4, -0.2) is 12.3 Å². The molecule has 1 heterocycles. The molecule has 0 fully saturated rings. The summed E-state index contributed by atoms with van der Waals surface area (Å²) in [6.45, 7) is 1.80. The lowest BCUT2D eigenvalue weighted by molar-refractivity contribution is -0.274. The van der Waals surface area contributed by atoms with Crippen LogP contribution < -0.4 is 15.0 Å². The number of alkyl halides is 6. The van der Waals surface area contributed by atoms with Crippen molar-refractivity contribution in [1.29, 1.82) is 0 Å². The second kappa shape index (κ2) is 10.0. The predicted molar refractivity (Wildman–Crippen MR) is 126 cm³/mol. The zero-order valence-corrected chi connectivity index (χ0v) is 19.8. The van der Waals surface area contributed by atoms with Gasteiger partial charge < -0.3 is 10.1 Å². The Morgan fingerprint density at radius 3 is 2.19 bits per heavy atom. The fraction of sp³-hybridized carbons (Fsp3) is 0.192. The van der Waals surface area contributed by atoms with Crippen molar-refractivity contribution in [2.75, 3.05) is 4.90 Å². The van der Waals surface area contributed by atoms with Crippen molar-refractivity contribution >= 4 is 23.2 Å². The van der Waals surface area contributed by atoms with E-state index < -0.39 is 35.8 Å². The molecule has 194 valence electrons. The van der Waals surface area contributed by atoms with Gasteiger partial charge in [-0.3, -0.25) is 9.69 Å². The summed E-state index contributed by atoms with van der Waals surface area (Å²) in [5, 5.41) is 3.62. The molecule has 1 unspecified atom stereocenters. The normalized spacial score (nSPS) is 17.0. The highest BCUT2D eigenvalue weighted by Gasteiger charge is 2.37. The Balaban J connectivity index is 1.70. The lowest BCUT2D eigenvalue weighted by Crippen LogP contribution is -2.33. The van der Waals surface area contributed by atoms with E-state index in [-0.39, 0.29) is 23.0 Å². The molecule has 4 rings (SSSR count). The zero-order chi connectivity index (χ0) is 27.0. The molecule has 1 amide bonds. The molecule has 3 aromatic carbocycles. The van der Waals surface area contributed by atoms with Crippen molar-refractivity contribution in [2.45, 2.75) is 31.5 Å². The molecular weight excluding hydrogens is 522 g/mol. The first-order valence-corrected chi connectivity index (χ1v) is 11.3. The number of amides is 1. The van der Waals surface area contributed by atoms with Crippen molar-refractivity contribution in [2.24, 2.45) is 0 Å². The van der Waals surface area contributed by atoms with Gasteiger partial charge in [0.25, 0.3) is 5.91 Å². The molecule has 0 aliphatic carbocycles. The summed E-state index contributed by atoms with van der Waals surface area (Å²) in [6.07, 6.45) is -7.98. The van der Waals surface area contributed by atoms with E-state index in [2.05, 4.69) is 10.1 Å². The van der Waals surface area contributed by atoms with Gasteiger partial charge in [-0.25, -0.2) is 0 Å². The Labute approximate surface area is 213 Å². The Kier molecular flexibility index (Phi) is 7.14. The first kappa shape index (κ1) is 26.4. The van der Waals surface area contributed by atoms with Crippen LogP contribution in [0.5, 0.6) is 5.75 Å².